The van der Waals surface area contributed by atoms with Crippen LogP contribution in [-0.2, 0) is 12.8 Å². The molecule has 3 aromatic rings. The monoisotopic (exact) mass is 380 g/mol. The molecule has 0 fully saturated rings. The molecule has 0 atom stereocenters. The minimum absolute atomic E-state index is 0.968. The summed E-state index contributed by atoms with van der Waals surface area (Å²) in [5.41, 5.74) is 14.8. The standard InChI is InChI=1S/C29H32/c1-8-24-10-12-25(13-11-24)17-26-14-20(4)27(15-19(26)3)18-28-16-21(5)29(9-2)23(7)22(28)6/h8-16H,1-2,17-18H2,3-7H3. The Balaban J connectivity index is 1.90. The van der Waals surface area contributed by atoms with Gasteiger partial charge in [0, 0.05) is 0 Å². The van der Waals surface area contributed by atoms with Crippen molar-refractivity contribution in [3.05, 3.63) is 117 Å². The zero-order valence-electron chi connectivity index (χ0n) is 18.5. The molecule has 0 aliphatic rings. The van der Waals surface area contributed by atoms with Gasteiger partial charge in [0.05, 0.1) is 0 Å². The van der Waals surface area contributed by atoms with Gasteiger partial charge in [0.15, 0.2) is 0 Å². The minimum Gasteiger partial charge on any atom is -0.0985 e. The third-order valence-corrected chi connectivity index (χ3v) is 6.25. The Morgan fingerprint density at radius 3 is 1.72 bits per heavy atom. The molecule has 0 bridgehead atoms. The van der Waals surface area contributed by atoms with Crippen molar-refractivity contribution in [2.24, 2.45) is 0 Å². The molecule has 0 N–H and O–H groups in total. The van der Waals surface area contributed by atoms with E-state index in [1.807, 2.05) is 12.2 Å². The lowest BCUT2D eigenvalue weighted by atomic mass is 9.88. The number of hydrogen-bond donors (Lipinski definition) is 0. The van der Waals surface area contributed by atoms with Crippen molar-refractivity contribution in [2.75, 3.05) is 0 Å². The largest absolute Gasteiger partial charge is 0.0985 e. The van der Waals surface area contributed by atoms with Crippen molar-refractivity contribution >= 4 is 12.2 Å². The maximum atomic E-state index is 3.98. The number of rotatable bonds is 6. The van der Waals surface area contributed by atoms with E-state index in [2.05, 4.69) is 90.2 Å². The highest BCUT2D eigenvalue weighted by molar-refractivity contribution is 5.60. The summed E-state index contributed by atoms with van der Waals surface area (Å²) in [5, 5.41) is 0. The van der Waals surface area contributed by atoms with Gasteiger partial charge in [-0.05, 0) is 109 Å². The van der Waals surface area contributed by atoms with Gasteiger partial charge in [0.2, 0.25) is 0 Å². The lowest BCUT2D eigenvalue weighted by molar-refractivity contribution is 1.07. The first kappa shape index (κ1) is 20.9. The summed E-state index contributed by atoms with van der Waals surface area (Å²) < 4.78 is 0. The average molecular weight is 381 g/mol. The van der Waals surface area contributed by atoms with Crippen molar-refractivity contribution < 1.29 is 0 Å². The fourth-order valence-corrected chi connectivity index (χ4v) is 4.20. The summed E-state index contributed by atoms with van der Waals surface area (Å²) in [6.45, 7) is 18.9. The second-order valence-corrected chi connectivity index (χ2v) is 8.22. The topological polar surface area (TPSA) is 0 Å². The summed E-state index contributed by atoms with van der Waals surface area (Å²) in [7, 11) is 0. The molecule has 0 radical (unpaired) electrons. The molecule has 3 aromatic carbocycles. The van der Waals surface area contributed by atoms with Crippen molar-refractivity contribution in [3.8, 4) is 0 Å². The van der Waals surface area contributed by atoms with Crippen LogP contribution in [0.2, 0.25) is 0 Å². The van der Waals surface area contributed by atoms with E-state index >= 15 is 0 Å². The van der Waals surface area contributed by atoms with Crippen LogP contribution in [0, 0.1) is 34.6 Å². The lowest BCUT2D eigenvalue weighted by Crippen LogP contribution is -2.02. The van der Waals surface area contributed by atoms with Crippen LogP contribution in [0.3, 0.4) is 0 Å². The van der Waals surface area contributed by atoms with Gasteiger partial charge in [0.1, 0.15) is 0 Å². The fraction of sp³-hybridized carbons (Fsp3) is 0.241. The number of aryl methyl sites for hydroxylation is 3. The lowest BCUT2D eigenvalue weighted by Gasteiger charge is -2.17. The van der Waals surface area contributed by atoms with Gasteiger partial charge < -0.3 is 0 Å². The van der Waals surface area contributed by atoms with Crippen LogP contribution >= 0.6 is 0 Å². The molecule has 0 heterocycles. The maximum absolute atomic E-state index is 3.98. The summed E-state index contributed by atoms with van der Waals surface area (Å²) in [5.74, 6) is 0. The van der Waals surface area contributed by atoms with Crippen LogP contribution in [0.5, 0.6) is 0 Å². The van der Waals surface area contributed by atoms with Crippen molar-refractivity contribution in [2.45, 2.75) is 47.5 Å². The Morgan fingerprint density at radius 2 is 1.17 bits per heavy atom. The van der Waals surface area contributed by atoms with E-state index in [-0.39, 0.29) is 0 Å². The summed E-state index contributed by atoms with van der Waals surface area (Å²) in [6.07, 6.45) is 5.82. The van der Waals surface area contributed by atoms with Crippen LogP contribution in [-0.4, -0.2) is 0 Å². The number of benzene rings is 3. The first-order valence-electron chi connectivity index (χ1n) is 10.4. The van der Waals surface area contributed by atoms with E-state index in [1.54, 1.807) is 0 Å². The van der Waals surface area contributed by atoms with Crippen LogP contribution in [0.4, 0.5) is 0 Å². The molecule has 0 spiro atoms. The third kappa shape index (κ3) is 4.43. The van der Waals surface area contributed by atoms with Gasteiger partial charge >= 0.3 is 0 Å². The molecule has 0 saturated heterocycles. The molecule has 3 rings (SSSR count). The van der Waals surface area contributed by atoms with Gasteiger partial charge in [-0.3, -0.25) is 0 Å². The van der Waals surface area contributed by atoms with Crippen molar-refractivity contribution in [3.63, 3.8) is 0 Å². The van der Waals surface area contributed by atoms with E-state index in [4.69, 9.17) is 0 Å². The van der Waals surface area contributed by atoms with Crippen LogP contribution in [0.15, 0.2) is 55.6 Å². The predicted molar refractivity (Wildman–Crippen MR) is 129 cm³/mol. The average Bonchev–Trinajstić information content (AvgIpc) is 2.70. The molecular formula is C29H32. The Labute approximate surface area is 176 Å². The summed E-state index contributed by atoms with van der Waals surface area (Å²) in [4.78, 5) is 0. The normalized spacial score (nSPS) is 10.8. The van der Waals surface area contributed by atoms with E-state index < -0.39 is 0 Å². The zero-order chi connectivity index (χ0) is 21.1. The number of hydrogen-bond acceptors (Lipinski definition) is 0. The fourth-order valence-electron chi connectivity index (χ4n) is 4.20. The Morgan fingerprint density at radius 1 is 0.621 bits per heavy atom. The van der Waals surface area contributed by atoms with Gasteiger partial charge in [-0.1, -0.05) is 67.8 Å². The highest BCUT2D eigenvalue weighted by Crippen LogP contribution is 2.27. The quantitative estimate of drug-likeness (QED) is 0.411. The van der Waals surface area contributed by atoms with Gasteiger partial charge in [-0.25, -0.2) is 0 Å². The van der Waals surface area contributed by atoms with Crippen LogP contribution in [0.25, 0.3) is 12.2 Å². The molecule has 0 nitrogen and oxygen atoms in total. The molecule has 29 heavy (non-hydrogen) atoms. The van der Waals surface area contributed by atoms with E-state index in [0.717, 1.165) is 12.8 Å². The smallest absolute Gasteiger partial charge is 0.00202 e. The van der Waals surface area contributed by atoms with Crippen LogP contribution < -0.4 is 0 Å². The maximum Gasteiger partial charge on any atom is -0.00202 e. The Hall–Kier alpha value is -2.86. The van der Waals surface area contributed by atoms with Gasteiger partial charge in [-0.15, -0.1) is 0 Å². The molecule has 148 valence electrons. The molecule has 0 aromatic heterocycles. The minimum atomic E-state index is 0.968. The molecule has 0 heteroatoms. The van der Waals surface area contributed by atoms with Crippen molar-refractivity contribution in [1.29, 1.82) is 0 Å². The molecule has 0 aliphatic carbocycles. The first-order chi connectivity index (χ1) is 13.8. The SMILES string of the molecule is C=Cc1ccc(Cc2cc(C)c(Cc3cc(C)c(C=C)c(C)c3C)cc2C)cc1. The highest BCUT2D eigenvalue weighted by atomic mass is 14.2. The van der Waals surface area contributed by atoms with Gasteiger partial charge in [-0.2, -0.15) is 0 Å². The third-order valence-electron chi connectivity index (χ3n) is 6.25. The second kappa shape index (κ2) is 8.66. The molecule has 0 aliphatic heterocycles. The predicted octanol–water partition coefficient (Wildman–Crippen LogP) is 7.70. The van der Waals surface area contributed by atoms with E-state index in [9.17, 15) is 0 Å². The Kier molecular flexibility index (Phi) is 6.23. The Bertz CT molecular complexity index is 1060. The molecule has 0 unspecified atom stereocenters. The van der Waals surface area contributed by atoms with E-state index in [0.29, 0.717) is 0 Å². The van der Waals surface area contributed by atoms with Crippen molar-refractivity contribution in [1.82, 2.24) is 0 Å². The van der Waals surface area contributed by atoms with Gasteiger partial charge in [0.25, 0.3) is 0 Å². The zero-order valence-corrected chi connectivity index (χ0v) is 18.5. The summed E-state index contributed by atoms with van der Waals surface area (Å²) in [6, 6.07) is 15.8. The molecule has 0 amide bonds. The van der Waals surface area contributed by atoms with Crippen LogP contribution in [0.1, 0.15) is 61.2 Å². The second-order valence-electron chi connectivity index (χ2n) is 8.22. The van der Waals surface area contributed by atoms with E-state index in [1.165, 1.54) is 61.2 Å². The first-order valence-corrected chi connectivity index (χ1v) is 10.4. The highest BCUT2D eigenvalue weighted by Gasteiger charge is 2.12. The molecule has 0 saturated carbocycles. The summed E-state index contributed by atoms with van der Waals surface area (Å²) >= 11 is 0. The molecular weight excluding hydrogens is 348 g/mol.